The topological polar surface area (TPSA) is 118 Å². The number of carboxylic acid groups (broad SMARTS) is 2. The van der Waals surface area contributed by atoms with E-state index in [9.17, 15) is 14.4 Å². The van der Waals surface area contributed by atoms with E-state index < -0.39 is 11.9 Å². The highest BCUT2D eigenvalue weighted by atomic mass is 16.4. The van der Waals surface area contributed by atoms with Gasteiger partial charge in [-0.15, -0.1) is 0 Å². The van der Waals surface area contributed by atoms with Crippen molar-refractivity contribution in [3.05, 3.63) is 0 Å². The van der Waals surface area contributed by atoms with E-state index in [1.807, 2.05) is 6.92 Å². The first-order valence-corrected chi connectivity index (χ1v) is 5.09. The minimum Gasteiger partial charge on any atom is -0.481 e. The van der Waals surface area contributed by atoms with Crippen LogP contribution in [0.2, 0.25) is 0 Å². The summed E-state index contributed by atoms with van der Waals surface area (Å²) >= 11 is 0. The molecule has 94 valence electrons. The summed E-state index contributed by atoms with van der Waals surface area (Å²) in [7, 11) is 0. The molecule has 4 N–H and O–H groups in total. The van der Waals surface area contributed by atoms with Crippen molar-refractivity contribution in [1.82, 2.24) is 0 Å². The van der Waals surface area contributed by atoms with E-state index in [1.54, 1.807) is 0 Å². The molecule has 0 unspecified atom stereocenters. The second-order valence-electron chi connectivity index (χ2n) is 3.13. The Morgan fingerprint density at radius 2 is 1.50 bits per heavy atom. The number of rotatable bonds is 7. The fourth-order valence-electron chi connectivity index (χ4n) is 0.676. The van der Waals surface area contributed by atoms with Gasteiger partial charge < -0.3 is 15.9 Å². The van der Waals surface area contributed by atoms with Crippen LogP contribution in [0.3, 0.4) is 0 Å². The van der Waals surface area contributed by atoms with Gasteiger partial charge in [-0.2, -0.15) is 0 Å². The standard InChI is InChI=1S/C5H9NO3.C5H10O2/c6-3-4(7)1-2-5(8)9;1-2-3-4-5(6)7/h1-3,6H2,(H,8,9);2-4H2,1H3,(H,6,7). The van der Waals surface area contributed by atoms with Crippen LogP contribution in [0, 0.1) is 0 Å². The molecule has 0 bridgehead atoms. The molecule has 6 heteroatoms. The van der Waals surface area contributed by atoms with Crippen molar-refractivity contribution in [3.63, 3.8) is 0 Å². The Labute approximate surface area is 94.4 Å². The Hall–Kier alpha value is -1.43. The molecule has 16 heavy (non-hydrogen) atoms. The number of hydrogen-bond acceptors (Lipinski definition) is 4. The summed E-state index contributed by atoms with van der Waals surface area (Å²) in [5.74, 6) is -1.86. The zero-order valence-corrected chi connectivity index (χ0v) is 9.44. The summed E-state index contributed by atoms with van der Waals surface area (Å²) < 4.78 is 0. The van der Waals surface area contributed by atoms with Gasteiger partial charge in [0, 0.05) is 12.8 Å². The molecule has 0 saturated heterocycles. The van der Waals surface area contributed by atoms with Crippen LogP contribution in [-0.2, 0) is 14.4 Å². The number of hydrogen-bond donors (Lipinski definition) is 3. The van der Waals surface area contributed by atoms with Gasteiger partial charge in [0.15, 0.2) is 0 Å². The maximum atomic E-state index is 10.3. The van der Waals surface area contributed by atoms with Crippen molar-refractivity contribution >= 4 is 17.7 Å². The molecule has 0 saturated carbocycles. The summed E-state index contributed by atoms with van der Waals surface area (Å²) in [5, 5.41) is 16.1. The Morgan fingerprint density at radius 1 is 1.00 bits per heavy atom. The molecular formula is C10H19NO5. The minimum absolute atomic E-state index is 0.0475. The van der Waals surface area contributed by atoms with E-state index >= 15 is 0 Å². The molecule has 0 spiro atoms. The second kappa shape index (κ2) is 11.6. The van der Waals surface area contributed by atoms with Gasteiger partial charge in [0.2, 0.25) is 0 Å². The van der Waals surface area contributed by atoms with Crippen molar-refractivity contribution in [2.75, 3.05) is 6.54 Å². The van der Waals surface area contributed by atoms with Crippen molar-refractivity contribution in [2.24, 2.45) is 5.73 Å². The van der Waals surface area contributed by atoms with Gasteiger partial charge >= 0.3 is 11.9 Å². The molecule has 0 aliphatic rings. The van der Waals surface area contributed by atoms with E-state index in [2.05, 4.69) is 0 Å². The van der Waals surface area contributed by atoms with E-state index in [0.717, 1.165) is 12.8 Å². The SMILES string of the molecule is CCCCC(=O)O.NCC(=O)CCC(=O)O. The number of ketones is 1. The highest BCUT2D eigenvalue weighted by Crippen LogP contribution is 1.91. The van der Waals surface area contributed by atoms with Gasteiger partial charge in [-0.3, -0.25) is 14.4 Å². The lowest BCUT2D eigenvalue weighted by molar-refractivity contribution is -0.138. The predicted octanol–water partition coefficient (Wildman–Crippen LogP) is 0.640. The lowest BCUT2D eigenvalue weighted by Gasteiger charge is -1.90. The van der Waals surface area contributed by atoms with Crippen LogP contribution in [0.4, 0.5) is 0 Å². The van der Waals surface area contributed by atoms with Crippen LogP contribution in [-0.4, -0.2) is 34.5 Å². The maximum Gasteiger partial charge on any atom is 0.303 e. The highest BCUT2D eigenvalue weighted by molar-refractivity contribution is 5.83. The Kier molecular flexibility index (Phi) is 12.4. The molecule has 0 aromatic carbocycles. The van der Waals surface area contributed by atoms with Crippen molar-refractivity contribution in [2.45, 2.75) is 39.0 Å². The molecular weight excluding hydrogens is 214 g/mol. The number of carboxylic acids is 2. The number of aliphatic carboxylic acids is 2. The molecule has 0 fully saturated rings. The first-order valence-electron chi connectivity index (χ1n) is 5.09. The second-order valence-corrected chi connectivity index (χ2v) is 3.13. The largest absolute Gasteiger partial charge is 0.481 e. The van der Waals surface area contributed by atoms with Gasteiger partial charge in [0.05, 0.1) is 13.0 Å². The summed E-state index contributed by atoms with van der Waals surface area (Å²) in [6, 6.07) is 0. The van der Waals surface area contributed by atoms with Gasteiger partial charge in [0.1, 0.15) is 5.78 Å². The fourth-order valence-corrected chi connectivity index (χ4v) is 0.676. The number of unbranched alkanes of at least 4 members (excludes halogenated alkanes) is 1. The van der Waals surface area contributed by atoms with Gasteiger partial charge in [-0.05, 0) is 6.42 Å². The molecule has 0 aromatic rings. The maximum absolute atomic E-state index is 10.3. The lowest BCUT2D eigenvalue weighted by Crippen LogP contribution is -2.14. The third-order valence-corrected chi connectivity index (χ3v) is 1.59. The zero-order chi connectivity index (χ0) is 13.0. The number of carbonyl (C=O) groups is 3. The van der Waals surface area contributed by atoms with Gasteiger partial charge in [-0.1, -0.05) is 13.3 Å². The zero-order valence-electron chi connectivity index (χ0n) is 9.44. The smallest absolute Gasteiger partial charge is 0.303 e. The minimum atomic E-state index is -0.961. The Bertz CT molecular complexity index is 227. The third kappa shape index (κ3) is 18.4. The fraction of sp³-hybridized carbons (Fsp3) is 0.700. The van der Waals surface area contributed by atoms with Crippen molar-refractivity contribution < 1.29 is 24.6 Å². The van der Waals surface area contributed by atoms with E-state index in [0.29, 0.717) is 6.42 Å². The number of carbonyl (C=O) groups excluding carboxylic acids is 1. The van der Waals surface area contributed by atoms with Crippen LogP contribution in [0.1, 0.15) is 39.0 Å². The predicted molar refractivity (Wildman–Crippen MR) is 58.1 cm³/mol. The van der Waals surface area contributed by atoms with Crippen LogP contribution in [0.5, 0.6) is 0 Å². The van der Waals surface area contributed by atoms with E-state index in [-0.39, 0.29) is 25.2 Å². The van der Waals surface area contributed by atoms with Crippen LogP contribution >= 0.6 is 0 Å². The molecule has 0 atom stereocenters. The van der Waals surface area contributed by atoms with Crippen molar-refractivity contribution in [1.29, 1.82) is 0 Å². The quantitative estimate of drug-likeness (QED) is 0.594. The summed E-state index contributed by atoms with van der Waals surface area (Å²) in [5.41, 5.74) is 4.92. The van der Waals surface area contributed by atoms with Crippen LogP contribution in [0.15, 0.2) is 0 Å². The molecule has 6 nitrogen and oxygen atoms in total. The first-order chi connectivity index (χ1) is 7.43. The lowest BCUT2D eigenvalue weighted by atomic mass is 10.2. The van der Waals surface area contributed by atoms with Gasteiger partial charge in [0.25, 0.3) is 0 Å². The average molecular weight is 233 g/mol. The molecule has 0 aliphatic carbocycles. The van der Waals surface area contributed by atoms with Crippen LogP contribution < -0.4 is 5.73 Å². The normalized spacial score (nSPS) is 8.88. The number of Topliss-reactive ketones (excluding diaryl/α,β-unsaturated/α-hetero) is 1. The van der Waals surface area contributed by atoms with Crippen LogP contribution in [0.25, 0.3) is 0 Å². The molecule has 0 aliphatic heterocycles. The highest BCUT2D eigenvalue weighted by Gasteiger charge is 2.01. The van der Waals surface area contributed by atoms with Gasteiger partial charge in [-0.25, -0.2) is 0 Å². The molecule has 0 amide bonds. The molecule has 0 aromatic heterocycles. The van der Waals surface area contributed by atoms with Crippen molar-refractivity contribution in [3.8, 4) is 0 Å². The monoisotopic (exact) mass is 233 g/mol. The number of nitrogens with two attached hydrogens (primary N) is 1. The Morgan fingerprint density at radius 3 is 1.75 bits per heavy atom. The molecule has 0 radical (unpaired) electrons. The molecule has 0 heterocycles. The van der Waals surface area contributed by atoms with E-state index in [4.69, 9.17) is 15.9 Å². The third-order valence-electron chi connectivity index (χ3n) is 1.59. The summed E-state index contributed by atoms with van der Waals surface area (Å²) in [6.45, 7) is 1.91. The average Bonchev–Trinajstić information content (AvgIpc) is 2.23. The summed E-state index contributed by atoms with van der Waals surface area (Å²) in [6.07, 6.45) is 2.01. The molecule has 0 rings (SSSR count). The van der Waals surface area contributed by atoms with E-state index in [1.165, 1.54) is 0 Å². The first kappa shape index (κ1) is 17.0. The Balaban J connectivity index is 0. The summed E-state index contributed by atoms with van der Waals surface area (Å²) in [4.78, 5) is 29.9.